The Bertz CT molecular complexity index is 1250. The minimum absolute atomic E-state index is 0.181. The summed E-state index contributed by atoms with van der Waals surface area (Å²) in [5, 5.41) is 1.09. The minimum atomic E-state index is -1.27. The third-order valence-corrected chi connectivity index (χ3v) is 6.48. The summed E-state index contributed by atoms with van der Waals surface area (Å²) in [5.41, 5.74) is 9.16. The Labute approximate surface area is 196 Å². The molecule has 0 spiro atoms. The molecule has 1 atom stereocenters. The molecule has 1 amide bonds. The predicted molar refractivity (Wildman–Crippen MR) is 127 cm³/mol. The summed E-state index contributed by atoms with van der Waals surface area (Å²) in [7, 11) is 1.64. The van der Waals surface area contributed by atoms with Gasteiger partial charge in [0, 0.05) is 17.1 Å². The number of carbonyl (C=O) groups excluding carboxylic acids is 1. The van der Waals surface area contributed by atoms with Gasteiger partial charge in [-0.15, -0.1) is 0 Å². The molecule has 0 fully saturated rings. The Kier molecular flexibility index (Phi) is 5.11. The fourth-order valence-electron chi connectivity index (χ4n) is 4.41. The summed E-state index contributed by atoms with van der Waals surface area (Å²) in [6.07, 6.45) is 1.83. The monoisotopic (exact) mass is 465 g/mol. The van der Waals surface area contributed by atoms with Gasteiger partial charge >= 0.3 is 0 Å². The van der Waals surface area contributed by atoms with E-state index < -0.39 is 5.54 Å². The number of likely N-dealkylation sites (N-methyl/N-ethyl adjacent to an activating group) is 1. The quantitative estimate of drug-likeness (QED) is 0.590. The molecule has 0 saturated carbocycles. The maximum atomic E-state index is 13.6. The topological polar surface area (TPSA) is 67.9 Å². The molecule has 2 aliphatic heterocycles. The minimum Gasteiger partial charge on any atom is -0.493 e. The lowest BCUT2D eigenvalue weighted by Crippen LogP contribution is -2.41. The maximum absolute atomic E-state index is 13.6. The molecule has 2 heterocycles. The number of rotatable bonds is 3. The van der Waals surface area contributed by atoms with Gasteiger partial charge in [0.2, 0.25) is 0 Å². The van der Waals surface area contributed by atoms with E-state index in [0.29, 0.717) is 16.7 Å². The number of hydrogen-bond acceptors (Lipinski definition) is 4. The molecule has 2 N–H and O–H groups in total. The van der Waals surface area contributed by atoms with Gasteiger partial charge in [-0.1, -0.05) is 47.5 Å². The van der Waals surface area contributed by atoms with Crippen molar-refractivity contribution in [2.45, 2.75) is 18.4 Å². The highest BCUT2D eigenvalue weighted by Crippen LogP contribution is 2.42. The van der Waals surface area contributed by atoms with Crippen molar-refractivity contribution >= 4 is 35.1 Å². The molecule has 7 heteroatoms. The van der Waals surface area contributed by atoms with Crippen LogP contribution in [0.4, 0.5) is 0 Å². The van der Waals surface area contributed by atoms with Gasteiger partial charge in [-0.2, -0.15) is 0 Å². The number of benzene rings is 3. The van der Waals surface area contributed by atoms with Crippen LogP contribution in [-0.2, 0) is 16.8 Å². The molecule has 32 heavy (non-hydrogen) atoms. The van der Waals surface area contributed by atoms with Gasteiger partial charge in [-0.05, 0) is 77.1 Å². The van der Waals surface area contributed by atoms with Gasteiger partial charge in [-0.3, -0.25) is 9.69 Å². The highest BCUT2D eigenvalue weighted by molar-refractivity contribution is 6.35. The molecule has 2 aliphatic rings. The Hall–Kier alpha value is -3.02. The zero-order valence-corrected chi connectivity index (χ0v) is 19.0. The second-order valence-electron chi connectivity index (χ2n) is 8.06. The van der Waals surface area contributed by atoms with Crippen molar-refractivity contribution in [2.24, 2.45) is 10.7 Å². The number of nitrogens with zero attached hydrogens (tertiary/aromatic N) is 2. The summed E-state index contributed by atoms with van der Waals surface area (Å²) >= 11 is 12.4. The van der Waals surface area contributed by atoms with Crippen molar-refractivity contribution in [3.05, 3.63) is 87.4 Å². The van der Waals surface area contributed by atoms with Crippen molar-refractivity contribution in [2.75, 3.05) is 13.7 Å². The first-order valence-electron chi connectivity index (χ1n) is 10.4. The maximum Gasteiger partial charge on any atom is 0.266 e. The number of halogens is 2. The molecule has 5 nitrogen and oxygen atoms in total. The summed E-state index contributed by atoms with van der Waals surface area (Å²) in [6.45, 7) is 0.703. The average Bonchev–Trinajstić information content (AvgIpc) is 3.03. The molecule has 5 rings (SSSR count). The molecule has 0 aromatic heterocycles. The molecule has 162 valence electrons. The smallest absolute Gasteiger partial charge is 0.266 e. The van der Waals surface area contributed by atoms with Gasteiger partial charge in [0.25, 0.3) is 5.91 Å². The Morgan fingerprint density at radius 2 is 1.75 bits per heavy atom. The highest BCUT2D eigenvalue weighted by Gasteiger charge is 2.49. The summed E-state index contributed by atoms with van der Waals surface area (Å²) < 4.78 is 5.77. The Morgan fingerprint density at radius 3 is 2.47 bits per heavy atom. The van der Waals surface area contributed by atoms with Gasteiger partial charge < -0.3 is 10.5 Å². The van der Waals surface area contributed by atoms with Crippen LogP contribution < -0.4 is 10.5 Å². The second kappa shape index (κ2) is 7.84. The number of aryl methyl sites for hydroxylation is 1. The lowest BCUT2D eigenvalue weighted by molar-refractivity contribution is -0.129. The molecule has 0 saturated heterocycles. The molecule has 3 aromatic rings. The van der Waals surface area contributed by atoms with Gasteiger partial charge in [-0.25, -0.2) is 4.99 Å². The average molecular weight is 466 g/mol. The third kappa shape index (κ3) is 3.33. The van der Waals surface area contributed by atoms with Crippen LogP contribution in [0.15, 0.2) is 65.7 Å². The van der Waals surface area contributed by atoms with Crippen molar-refractivity contribution in [1.29, 1.82) is 0 Å². The zero-order valence-electron chi connectivity index (χ0n) is 17.4. The third-order valence-electron chi connectivity index (χ3n) is 6.04. The molecule has 0 aliphatic carbocycles. The van der Waals surface area contributed by atoms with Crippen molar-refractivity contribution < 1.29 is 9.53 Å². The summed E-state index contributed by atoms with van der Waals surface area (Å²) in [4.78, 5) is 19.7. The van der Waals surface area contributed by atoms with E-state index >= 15 is 0 Å². The second-order valence-corrected chi connectivity index (χ2v) is 8.93. The first-order chi connectivity index (χ1) is 15.4. The van der Waals surface area contributed by atoms with Crippen molar-refractivity contribution in [3.8, 4) is 16.9 Å². The molecule has 3 aromatic carbocycles. The van der Waals surface area contributed by atoms with E-state index in [2.05, 4.69) is 0 Å². The fourth-order valence-corrected chi connectivity index (χ4v) is 4.94. The largest absolute Gasteiger partial charge is 0.493 e. The van der Waals surface area contributed by atoms with E-state index in [1.165, 1.54) is 4.90 Å². The number of ether oxygens (including phenoxy) is 1. The van der Waals surface area contributed by atoms with Crippen molar-refractivity contribution in [3.63, 3.8) is 0 Å². The lowest BCUT2D eigenvalue weighted by atomic mass is 9.80. The van der Waals surface area contributed by atoms with Crippen LogP contribution in [0, 0.1) is 0 Å². The number of carbonyl (C=O) groups is 1. The van der Waals surface area contributed by atoms with E-state index in [-0.39, 0.29) is 11.9 Å². The number of guanidine groups is 1. The van der Waals surface area contributed by atoms with Crippen molar-refractivity contribution in [1.82, 2.24) is 4.90 Å². The lowest BCUT2D eigenvalue weighted by Gasteiger charge is -2.28. The van der Waals surface area contributed by atoms with E-state index in [1.54, 1.807) is 13.1 Å². The van der Waals surface area contributed by atoms with E-state index in [9.17, 15) is 4.79 Å². The van der Waals surface area contributed by atoms with Crippen LogP contribution >= 0.6 is 23.2 Å². The van der Waals surface area contributed by atoms with Crippen LogP contribution in [0.5, 0.6) is 5.75 Å². The van der Waals surface area contributed by atoms with Crippen LogP contribution in [0.2, 0.25) is 10.0 Å². The van der Waals surface area contributed by atoms with E-state index in [4.69, 9.17) is 38.7 Å². The molecule has 1 unspecified atom stereocenters. The standard InChI is InChI=1S/C25H21Cl2N3O2/c1-30-23(31)25(29-24(30)28,19-7-8-22-16(11-19)5-3-9-32-22)18-6-2-4-15(10-18)17-12-20(26)14-21(27)13-17/h2,4,6-8,10-14H,3,5,9H2,1H3,(H2,28,29). The number of aliphatic imine (C=N–C) groups is 1. The molecular formula is C25H21Cl2N3O2. The SMILES string of the molecule is CN1C(=O)C(c2cccc(-c3cc(Cl)cc(Cl)c3)c2)(c2ccc3c(c2)CCCO3)N=C1N. The summed E-state index contributed by atoms with van der Waals surface area (Å²) in [6, 6.07) is 18.9. The Morgan fingerprint density at radius 1 is 1.00 bits per heavy atom. The first kappa shape index (κ1) is 20.9. The van der Waals surface area contributed by atoms with E-state index in [0.717, 1.165) is 46.4 Å². The molecule has 0 radical (unpaired) electrons. The van der Waals surface area contributed by atoms with E-state index in [1.807, 2.05) is 54.6 Å². The zero-order chi connectivity index (χ0) is 22.5. The van der Waals surface area contributed by atoms with Gasteiger partial charge in [0.15, 0.2) is 11.5 Å². The number of hydrogen-bond donors (Lipinski definition) is 1. The molecule has 0 bridgehead atoms. The van der Waals surface area contributed by atoms with Crippen LogP contribution in [-0.4, -0.2) is 30.4 Å². The van der Waals surface area contributed by atoms with Gasteiger partial charge in [0.05, 0.1) is 6.61 Å². The van der Waals surface area contributed by atoms with Crippen LogP contribution in [0.25, 0.3) is 11.1 Å². The number of fused-ring (bicyclic) bond motifs is 1. The first-order valence-corrected chi connectivity index (χ1v) is 11.1. The highest BCUT2D eigenvalue weighted by atomic mass is 35.5. The normalized spacial score (nSPS) is 20.0. The predicted octanol–water partition coefficient (Wildman–Crippen LogP) is 5.02. The fraction of sp³-hybridized carbons (Fsp3) is 0.200. The van der Waals surface area contributed by atoms with Gasteiger partial charge in [0.1, 0.15) is 5.75 Å². The number of nitrogens with two attached hydrogens (primary N) is 1. The number of amides is 1. The van der Waals surface area contributed by atoms with Crippen LogP contribution in [0.1, 0.15) is 23.1 Å². The summed E-state index contributed by atoms with van der Waals surface area (Å²) in [5.74, 6) is 0.835. The Balaban J connectivity index is 1.71. The van der Waals surface area contributed by atoms with Crippen LogP contribution in [0.3, 0.4) is 0 Å². The molecular weight excluding hydrogens is 445 g/mol.